The summed E-state index contributed by atoms with van der Waals surface area (Å²) in [5.74, 6) is 1.16. The van der Waals surface area contributed by atoms with Gasteiger partial charge in [-0.2, -0.15) is 0 Å². The number of rotatable bonds is 8. The number of benzene rings is 2. The monoisotopic (exact) mass is 385 g/mol. The van der Waals surface area contributed by atoms with Crippen LogP contribution in [0.25, 0.3) is 0 Å². The van der Waals surface area contributed by atoms with Crippen molar-refractivity contribution in [2.45, 2.75) is 6.42 Å². The minimum absolute atomic E-state index is 0.0945. The first-order valence-corrected chi connectivity index (χ1v) is 9.38. The summed E-state index contributed by atoms with van der Waals surface area (Å²) in [4.78, 5) is 14.7. The van der Waals surface area contributed by atoms with Crippen molar-refractivity contribution in [3.8, 4) is 11.5 Å². The Labute approximate surface area is 165 Å². The summed E-state index contributed by atoms with van der Waals surface area (Å²) >= 11 is 0. The van der Waals surface area contributed by atoms with Crippen LogP contribution in [0.3, 0.4) is 0 Å². The molecule has 0 radical (unpaired) electrons. The van der Waals surface area contributed by atoms with E-state index in [4.69, 9.17) is 14.2 Å². The molecule has 2 N–H and O–H groups in total. The largest absolute Gasteiger partial charge is 0.497 e. The Balaban J connectivity index is 1.56. The molecular weight excluding hydrogens is 358 g/mol. The summed E-state index contributed by atoms with van der Waals surface area (Å²) < 4.78 is 15.9. The molecule has 1 amide bonds. The zero-order chi connectivity index (χ0) is 19.8. The number of amides is 1. The fourth-order valence-corrected chi connectivity index (χ4v) is 3.14. The van der Waals surface area contributed by atoms with Gasteiger partial charge >= 0.3 is 0 Å². The van der Waals surface area contributed by atoms with E-state index in [-0.39, 0.29) is 5.91 Å². The molecule has 0 saturated carbocycles. The van der Waals surface area contributed by atoms with Gasteiger partial charge in [-0.1, -0.05) is 12.1 Å². The molecule has 1 saturated heterocycles. The van der Waals surface area contributed by atoms with Gasteiger partial charge in [0.05, 0.1) is 44.5 Å². The molecule has 1 aliphatic heterocycles. The molecule has 0 aliphatic carbocycles. The quantitative estimate of drug-likeness (QED) is 0.728. The van der Waals surface area contributed by atoms with Crippen LogP contribution < -0.4 is 25.0 Å². The van der Waals surface area contributed by atoms with Gasteiger partial charge in [-0.25, -0.2) is 0 Å². The van der Waals surface area contributed by atoms with E-state index in [1.54, 1.807) is 32.4 Å². The number of hydrogen-bond acceptors (Lipinski definition) is 6. The van der Waals surface area contributed by atoms with Gasteiger partial charge in [0, 0.05) is 32.1 Å². The average Bonchev–Trinajstić information content (AvgIpc) is 2.74. The van der Waals surface area contributed by atoms with Crippen molar-refractivity contribution in [3.05, 3.63) is 42.5 Å². The van der Waals surface area contributed by atoms with Gasteiger partial charge in [-0.05, 0) is 24.3 Å². The fraction of sp³-hybridized carbons (Fsp3) is 0.381. The van der Waals surface area contributed by atoms with Gasteiger partial charge in [0.15, 0.2) is 0 Å². The first-order chi connectivity index (χ1) is 13.7. The van der Waals surface area contributed by atoms with Crippen LogP contribution >= 0.6 is 0 Å². The zero-order valence-corrected chi connectivity index (χ0v) is 16.4. The van der Waals surface area contributed by atoms with Gasteiger partial charge in [0.25, 0.3) is 0 Å². The summed E-state index contributed by atoms with van der Waals surface area (Å²) in [6, 6.07) is 13.5. The molecule has 0 spiro atoms. The number of carbonyl (C=O) groups excluding carboxylic acids is 1. The van der Waals surface area contributed by atoms with Crippen molar-refractivity contribution in [1.29, 1.82) is 0 Å². The van der Waals surface area contributed by atoms with Crippen LogP contribution in [-0.4, -0.2) is 53.0 Å². The maximum absolute atomic E-state index is 12.4. The third kappa shape index (κ3) is 5.07. The molecule has 1 aliphatic rings. The topological polar surface area (TPSA) is 72.1 Å². The van der Waals surface area contributed by atoms with Gasteiger partial charge in [-0.3, -0.25) is 4.79 Å². The molecule has 28 heavy (non-hydrogen) atoms. The standard InChI is InChI=1S/C21H27N3O4/c1-26-16-7-8-20(27-2)18(15-16)23-21(25)9-10-22-17-5-3-4-6-19(17)24-11-13-28-14-12-24/h3-8,15,22H,9-14H2,1-2H3,(H,23,25). The fourth-order valence-electron chi connectivity index (χ4n) is 3.14. The normalized spacial score (nSPS) is 13.7. The second-order valence-electron chi connectivity index (χ2n) is 6.41. The Bertz CT molecular complexity index is 791. The van der Waals surface area contributed by atoms with Crippen molar-refractivity contribution >= 4 is 23.0 Å². The van der Waals surface area contributed by atoms with E-state index in [1.165, 1.54) is 0 Å². The Morgan fingerprint density at radius 2 is 1.86 bits per heavy atom. The number of ether oxygens (including phenoxy) is 3. The third-order valence-electron chi connectivity index (χ3n) is 4.60. The number of nitrogens with zero attached hydrogens (tertiary/aromatic N) is 1. The summed E-state index contributed by atoms with van der Waals surface area (Å²) in [5.41, 5.74) is 2.76. The Kier molecular flexibility index (Phi) is 6.97. The van der Waals surface area contributed by atoms with Crippen molar-refractivity contribution in [3.63, 3.8) is 0 Å². The van der Waals surface area contributed by atoms with Crippen LogP contribution in [0.5, 0.6) is 11.5 Å². The number of morpholine rings is 1. The molecule has 0 aromatic heterocycles. The maximum Gasteiger partial charge on any atom is 0.226 e. The maximum atomic E-state index is 12.4. The Hall–Kier alpha value is -2.93. The third-order valence-corrected chi connectivity index (χ3v) is 4.60. The second-order valence-corrected chi connectivity index (χ2v) is 6.41. The van der Waals surface area contributed by atoms with Crippen molar-refractivity contribution in [2.75, 3.05) is 62.6 Å². The highest BCUT2D eigenvalue weighted by Gasteiger charge is 2.14. The highest BCUT2D eigenvalue weighted by molar-refractivity contribution is 5.93. The predicted molar refractivity (Wildman–Crippen MR) is 111 cm³/mol. The first-order valence-electron chi connectivity index (χ1n) is 9.38. The SMILES string of the molecule is COc1ccc(OC)c(NC(=O)CCNc2ccccc2N2CCOCC2)c1. The summed E-state index contributed by atoms with van der Waals surface area (Å²) in [6.07, 6.45) is 0.331. The molecule has 3 rings (SSSR count). The number of nitrogens with one attached hydrogen (secondary N) is 2. The number of anilines is 3. The zero-order valence-electron chi connectivity index (χ0n) is 16.4. The lowest BCUT2D eigenvalue weighted by molar-refractivity contribution is -0.116. The Morgan fingerprint density at radius 1 is 1.07 bits per heavy atom. The smallest absolute Gasteiger partial charge is 0.226 e. The lowest BCUT2D eigenvalue weighted by Crippen LogP contribution is -2.36. The molecular formula is C21H27N3O4. The molecule has 0 bridgehead atoms. The lowest BCUT2D eigenvalue weighted by atomic mass is 10.2. The van der Waals surface area contributed by atoms with E-state index in [0.717, 1.165) is 37.7 Å². The molecule has 0 unspecified atom stereocenters. The predicted octanol–water partition coefficient (Wildman–Crippen LogP) is 2.98. The summed E-state index contributed by atoms with van der Waals surface area (Å²) in [7, 11) is 3.16. The Morgan fingerprint density at radius 3 is 2.61 bits per heavy atom. The molecule has 1 fully saturated rings. The summed E-state index contributed by atoms with van der Waals surface area (Å²) in [6.45, 7) is 3.74. The van der Waals surface area contributed by atoms with Crippen LogP contribution in [0, 0.1) is 0 Å². The number of methoxy groups -OCH3 is 2. The number of hydrogen-bond donors (Lipinski definition) is 2. The first kappa shape index (κ1) is 19.8. The number of para-hydroxylation sites is 2. The van der Waals surface area contributed by atoms with Gasteiger partial charge in [-0.15, -0.1) is 0 Å². The molecule has 7 heteroatoms. The van der Waals surface area contributed by atoms with Gasteiger partial charge < -0.3 is 29.7 Å². The molecule has 0 atom stereocenters. The minimum atomic E-state index is -0.0945. The van der Waals surface area contributed by atoms with E-state index < -0.39 is 0 Å². The van der Waals surface area contributed by atoms with Crippen molar-refractivity contribution in [1.82, 2.24) is 0 Å². The molecule has 1 heterocycles. The van der Waals surface area contributed by atoms with Crippen LogP contribution in [0.4, 0.5) is 17.1 Å². The molecule has 2 aromatic rings. The lowest BCUT2D eigenvalue weighted by Gasteiger charge is -2.30. The van der Waals surface area contributed by atoms with Crippen molar-refractivity contribution in [2.24, 2.45) is 0 Å². The van der Waals surface area contributed by atoms with E-state index >= 15 is 0 Å². The summed E-state index contributed by atoms with van der Waals surface area (Å²) in [5, 5.41) is 6.27. The minimum Gasteiger partial charge on any atom is -0.497 e. The van der Waals surface area contributed by atoms with E-state index in [0.29, 0.717) is 30.2 Å². The van der Waals surface area contributed by atoms with E-state index in [9.17, 15) is 4.79 Å². The van der Waals surface area contributed by atoms with E-state index in [1.807, 2.05) is 18.2 Å². The van der Waals surface area contributed by atoms with E-state index in [2.05, 4.69) is 21.6 Å². The van der Waals surface area contributed by atoms with Crippen molar-refractivity contribution < 1.29 is 19.0 Å². The van der Waals surface area contributed by atoms with Crippen LogP contribution in [-0.2, 0) is 9.53 Å². The average molecular weight is 385 g/mol. The van der Waals surface area contributed by atoms with Crippen LogP contribution in [0.1, 0.15) is 6.42 Å². The van der Waals surface area contributed by atoms with Crippen LogP contribution in [0.2, 0.25) is 0 Å². The molecule has 7 nitrogen and oxygen atoms in total. The highest BCUT2D eigenvalue weighted by atomic mass is 16.5. The van der Waals surface area contributed by atoms with Crippen LogP contribution in [0.15, 0.2) is 42.5 Å². The highest BCUT2D eigenvalue weighted by Crippen LogP contribution is 2.29. The second kappa shape index (κ2) is 9.85. The molecule has 150 valence electrons. The molecule has 2 aromatic carbocycles. The van der Waals surface area contributed by atoms with Gasteiger partial charge in [0.2, 0.25) is 5.91 Å². The number of carbonyl (C=O) groups is 1. The van der Waals surface area contributed by atoms with Gasteiger partial charge in [0.1, 0.15) is 11.5 Å².